The van der Waals surface area contributed by atoms with Gasteiger partial charge in [-0.2, -0.15) is 4.31 Å². The lowest BCUT2D eigenvalue weighted by atomic mass is 10.1. The zero-order chi connectivity index (χ0) is 15.5. The van der Waals surface area contributed by atoms with E-state index in [1.807, 2.05) is 19.1 Å². The molecule has 0 bridgehead atoms. The number of hydrogen-bond acceptors (Lipinski definition) is 3. The van der Waals surface area contributed by atoms with Gasteiger partial charge in [-0.1, -0.05) is 31.0 Å². The Kier molecular flexibility index (Phi) is 5.17. The van der Waals surface area contributed by atoms with E-state index in [-0.39, 0.29) is 11.8 Å². The highest BCUT2D eigenvalue weighted by Crippen LogP contribution is 2.28. The van der Waals surface area contributed by atoms with Crippen molar-refractivity contribution >= 4 is 15.8 Å². The van der Waals surface area contributed by atoms with Crippen LogP contribution in [0.3, 0.4) is 0 Å². The molecule has 2 rings (SSSR count). The molecule has 1 unspecified atom stereocenters. The first-order valence-electron chi connectivity index (χ1n) is 7.50. The van der Waals surface area contributed by atoms with Crippen LogP contribution in [0.4, 0.5) is 0 Å². The highest BCUT2D eigenvalue weighted by Gasteiger charge is 2.33. The smallest absolute Gasteiger partial charge is 0.243 e. The number of aryl methyl sites for hydroxylation is 1. The number of carbonyl (C=O) groups is 1. The largest absolute Gasteiger partial charge is 0.300 e. The second kappa shape index (κ2) is 6.71. The molecule has 0 aromatic heterocycles. The van der Waals surface area contributed by atoms with Gasteiger partial charge < -0.3 is 0 Å². The molecule has 5 heteroatoms. The van der Waals surface area contributed by atoms with Crippen molar-refractivity contribution in [1.82, 2.24) is 4.31 Å². The molecular weight excluding hydrogens is 286 g/mol. The summed E-state index contributed by atoms with van der Waals surface area (Å²) in [6.07, 6.45) is 3.95. The standard InChI is InChI=1S/C16H23NO3S/c1-13-8-5-6-10-16(13)21(19,20)17-11-7-3-4-9-15(17)12-14(2)18/h5-6,8,10,15H,3-4,7,9,11-12H2,1-2H3. The lowest BCUT2D eigenvalue weighted by molar-refractivity contribution is -0.117. The highest BCUT2D eigenvalue weighted by atomic mass is 32.2. The Labute approximate surface area is 127 Å². The number of nitrogens with zero attached hydrogens (tertiary/aromatic N) is 1. The van der Waals surface area contributed by atoms with Crippen molar-refractivity contribution in [2.24, 2.45) is 0 Å². The number of carbonyl (C=O) groups excluding carboxylic acids is 1. The predicted molar refractivity (Wildman–Crippen MR) is 82.6 cm³/mol. The Morgan fingerprint density at radius 1 is 1.24 bits per heavy atom. The summed E-state index contributed by atoms with van der Waals surface area (Å²) >= 11 is 0. The van der Waals surface area contributed by atoms with Crippen molar-refractivity contribution in [3.8, 4) is 0 Å². The molecule has 1 aromatic rings. The minimum Gasteiger partial charge on any atom is -0.300 e. The van der Waals surface area contributed by atoms with Gasteiger partial charge in [-0.25, -0.2) is 8.42 Å². The van der Waals surface area contributed by atoms with Crippen LogP contribution in [0.15, 0.2) is 29.2 Å². The molecule has 0 radical (unpaired) electrons. The van der Waals surface area contributed by atoms with E-state index < -0.39 is 10.0 Å². The molecule has 1 aliphatic heterocycles. The average molecular weight is 309 g/mol. The maximum absolute atomic E-state index is 13.0. The van der Waals surface area contributed by atoms with E-state index >= 15 is 0 Å². The van der Waals surface area contributed by atoms with Gasteiger partial charge in [0.2, 0.25) is 10.0 Å². The van der Waals surface area contributed by atoms with Crippen molar-refractivity contribution in [2.75, 3.05) is 6.54 Å². The zero-order valence-electron chi connectivity index (χ0n) is 12.7. The summed E-state index contributed by atoms with van der Waals surface area (Å²) < 4.78 is 27.5. The van der Waals surface area contributed by atoms with E-state index in [9.17, 15) is 13.2 Å². The zero-order valence-corrected chi connectivity index (χ0v) is 13.5. The van der Waals surface area contributed by atoms with Crippen molar-refractivity contribution in [1.29, 1.82) is 0 Å². The van der Waals surface area contributed by atoms with Crippen LogP contribution in [0, 0.1) is 6.92 Å². The summed E-state index contributed by atoms with van der Waals surface area (Å²) in [5.41, 5.74) is 0.753. The molecule has 116 valence electrons. The minimum absolute atomic E-state index is 0.0480. The molecule has 0 saturated carbocycles. The van der Waals surface area contributed by atoms with Crippen LogP contribution in [-0.2, 0) is 14.8 Å². The fourth-order valence-electron chi connectivity index (χ4n) is 2.98. The van der Waals surface area contributed by atoms with Crippen LogP contribution in [0.2, 0.25) is 0 Å². The van der Waals surface area contributed by atoms with Gasteiger partial charge in [0.25, 0.3) is 0 Å². The third kappa shape index (κ3) is 3.71. The summed E-state index contributed by atoms with van der Waals surface area (Å²) in [6.45, 7) is 3.85. The summed E-state index contributed by atoms with van der Waals surface area (Å²) in [5, 5.41) is 0. The quantitative estimate of drug-likeness (QED) is 0.859. The molecule has 4 nitrogen and oxygen atoms in total. The number of benzene rings is 1. The van der Waals surface area contributed by atoms with Gasteiger partial charge >= 0.3 is 0 Å². The topological polar surface area (TPSA) is 54.5 Å². The summed E-state index contributed by atoms with van der Waals surface area (Å²) in [5.74, 6) is 0.0480. The molecule has 1 heterocycles. The molecule has 21 heavy (non-hydrogen) atoms. The summed E-state index contributed by atoms with van der Waals surface area (Å²) in [4.78, 5) is 11.8. The molecule has 1 atom stereocenters. The number of Topliss-reactive ketones (excluding diaryl/α,β-unsaturated/α-hetero) is 1. The van der Waals surface area contributed by atoms with Crippen LogP contribution in [0.1, 0.15) is 44.6 Å². The normalized spacial score (nSPS) is 21.0. The van der Waals surface area contributed by atoms with Gasteiger partial charge in [0, 0.05) is 19.0 Å². The second-order valence-electron chi connectivity index (χ2n) is 5.79. The highest BCUT2D eigenvalue weighted by molar-refractivity contribution is 7.89. The van der Waals surface area contributed by atoms with Crippen molar-refractivity contribution in [2.45, 2.75) is 56.9 Å². The molecule has 0 spiro atoms. The molecular formula is C16H23NO3S. The van der Waals surface area contributed by atoms with E-state index in [2.05, 4.69) is 0 Å². The number of hydrogen-bond donors (Lipinski definition) is 0. The Morgan fingerprint density at radius 2 is 1.95 bits per heavy atom. The molecule has 0 amide bonds. The minimum atomic E-state index is -3.53. The molecule has 1 aliphatic rings. The Bertz CT molecular complexity index is 610. The lowest BCUT2D eigenvalue weighted by Gasteiger charge is -2.29. The van der Waals surface area contributed by atoms with Crippen LogP contribution < -0.4 is 0 Å². The maximum atomic E-state index is 13.0. The number of sulfonamides is 1. The third-order valence-corrected chi connectivity index (χ3v) is 6.14. The second-order valence-corrected chi connectivity index (χ2v) is 7.65. The lowest BCUT2D eigenvalue weighted by Crippen LogP contribution is -2.41. The van der Waals surface area contributed by atoms with Crippen LogP contribution in [-0.4, -0.2) is 31.1 Å². The van der Waals surface area contributed by atoms with E-state index in [0.717, 1.165) is 31.2 Å². The van der Waals surface area contributed by atoms with E-state index in [1.54, 1.807) is 16.4 Å². The fraction of sp³-hybridized carbons (Fsp3) is 0.562. The van der Waals surface area contributed by atoms with Gasteiger partial charge in [0.15, 0.2) is 0 Å². The predicted octanol–water partition coefficient (Wildman–Crippen LogP) is 2.91. The van der Waals surface area contributed by atoms with Crippen molar-refractivity contribution in [3.63, 3.8) is 0 Å². The Balaban J connectivity index is 2.39. The van der Waals surface area contributed by atoms with E-state index in [4.69, 9.17) is 0 Å². The van der Waals surface area contributed by atoms with E-state index in [0.29, 0.717) is 17.9 Å². The first-order chi connectivity index (χ1) is 9.93. The first-order valence-corrected chi connectivity index (χ1v) is 8.94. The Morgan fingerprint density at radius 3 is 2.62 bits per heavy atom. The average Bonchev–Trinajstić information content (AvgIpc) is 2.64. The van der Waals surface area contributed by atoms with Crippen molar-refractivity contribution < 1.29 is 13.2 Å². The van der Waals surface area contributed by atoms with Crippen molar-refractivity contribution in [3.05, 3.63) is 29.8 Å². The van der Waals surface area contributed by atoms with Gasteiger partial charge in [-0.15, -0.1) is 0 Å². The van der Waals surface area contributed by atoms with Crippen LogP contribution >= 0.6 is 0 Å². The third-order valence-electron chi connectivity index (χ3n) is 4.03. The maximum Gasteiger partial charge on any atom is 0.243 e. The summed E-state index contributed by atoms with van der Waals surface area (Å²) in [6, 6.07) is 6.85. The first kappa shape index (κ1) is 16.2. The Hall–Kier alpha value is -1.20. The molecule has 0 N–H and O–H groups in total. The van der Waals surface area contributed by atoms with E-state index in [1.165, 1.54) is 6.92 Å². The fourth-order valence-corrected chi connectivity index (χ4v) is 4.90. The summed E-state index contributed by atoms with van der Waals surface area (Å²) in [7, 11) is -3.53. The monoisotopic (exact) mass is 309 g/mol. The van der Waals surface area contributed by atoms with Gasteiger partial charge in [-0.3, -0.25) is 4.79 Å². The van der Waals surface area contributed by atoms with Crippen LogP contribution in [0.25, 0.3) is 0 Å². The molecule has 1 fully saturated rings. The number of rotatable bonds is 4. The van der Waals surface area contributed by atoms with Gasteiger partial charge in [-0.05, 0) is 38.3 Å². The van der Waals surface area contributed by atoms with Gasteiger partial charge in [0.05, 0.1) is 4.90 Å². The van der Waals surface area contributed by atoms with Crippen LogP contribution in [0.5, 0.6) is 0 Å². The number of ketones is 1. The molecule has 1 aromatic carbocycles. The SMILES string of the molecule is CC(=O)CC1CCCCCN1S(=O)(=O)c1ccccc1C. The van der Waals surface area contributed by atoms with Gasteiger partial charge in [0.1, 0.15) is 5.78 Å². The molecule has 0 aliphatic carbocycles. The molecule has 1 saturated heterocycles.